The molecule has 1 aromatic carbocycles. The Morgan fingerprint density at radius 2 is 1.97 bits per heavy atom. The monoisotopic (exact) mass is 456 g/mol. The predicted molar refractivity (Wildman–Crippen MR) is 128 cm³/mol. The van der Waals surface area contributed by atoms with Crippen molar-refractivity contribution in [2.45, 2.75) is 38.9 Å². The molecule has 0 radical (unpaired) electrons. The van der Waals surface area contributed by atoms with Gasteiger partial charge in [0.2, 0.25) is 5.91 Å². The van der Waals surface area contributed by atoms with Gasteiger partial charge in [-0.1, -0.05) is 24.3 Å². The Morgan fingerprint density at radius 3 is 2.82 bits per heavy atom. The Bertz CT molecular complexity index is 1220. The predicted octanol–water partition coefficient (Wildman–Crippen LogP) is 3.24. The molecule has 1 N–H and O–H groups in total. The van der Waals surface area contributed by atoms with Crippen LogP contribution in [0.15, 0.2) is 71.6 Å². The lowest BCUT2D eigenvalue weighted by atomic mass is 10.1. The second kappa shape index (κ2) is 10.4. The fourth-order valence-electron chi connectivity index (χ4n) is 4.31. The number of aryl methyl sites for hydroxylation is 1. The summed E-state index contributed by atoms with van der Waals surface area (Å²) in [6.45, 7) is 3.89. The number of aromatic nitrogens is 4. The molecule has 8 heteroatoms. The van der Waals surface area contributed by atoms with E-state index in [-0.39, 0.29) is 5.91 Å². The molecule has 0 fully saturated rings. The smallest absolute Gasteiger partial charge is 0.220 e. The van der Waals surface area contributed by atoms with Crippen molar-refractivity contribution >= 4 is 5.91 Å². The van der Waals surface area contributed by atoms with Gasteiger partial charge in [-0.25, -0.2) is 0 Å². The molecule has 3 aromatic heterocycles. The van der Waals surface area contributed by atoms with Crippen LogP contribution in [0.4, 0.5) is 0 Å². The van der Waals surface area contributed by atoms with Crippen molar-refractivity contribution in [2.75, 3.05) is 13.1 Å². The maximum Gasteiger partial charge on any atom is 0.220 e. The van der Waals surface area contributed by atoms with E-state index in [2.05, 4.69) is 54.2 Å². The van der Waals surface area contributed by atoms with Crippen LogP contribution >= 0.6 is 0 Å². The van der Waals surface area contributed by atoms with Gasteiger partial charge in [-0.05, 0) is 41.8 Å². The van der Waals surface area contributed by atoms with Gasteiger partial charge < -0.3 is 14.3 Å². The fraction of sp³-hybridized carbons (Fsp3) is 0.308. The molecule has 0 spiro atoms. The number of nitrogens with one attached hydrogen (secondary N) is 1. The van der Waals surface area contributed by atoms with E-state index >= 15 is 0 Å². The van der Waals surface area contributed by atoms with Crippen molar-refractivity contribution in [1.29, 1.82) is 0 Å². The summed E-state index contributed by atoms with van der Waals surface area (Å²) in [5, 5.41) is 11.7. The Hall–Kier alpha value is -3.78. The first kappa shape index (κ1) is 22.0. The lowest BCUT2D eigenvalue weighted by Gasteiger charge is -2.20. The Morgan fingerprint density at radius 1 is 1.03 bits per heavy atom. The maximum atomic E-state index is 12.3. The van der Waals surface area contributed by atoms with Crippen molar-refractivity contribution in [1.82, 2.24) is 30.0 Å². The lowest BCUT2D eigenvalue weighted by Crippen LogP contribution is -2.28. The van der Waals surface area contributed by atoms with E-state index in [1.807, 2.05) is 24.3 Å². The number of carbonyl (C=O) groups excluding carboxylic acids is 1. The minimum absolute atomic E-state index is 0.00731. The number of pyridine rings is 1. The van der Waals surface area contributed by atoms with Crippen LogP contribution in [0.2, 0.25) is 0 Å². The molecule has 1 aliphatic heterocycles. The second-order valence-corrected chi connectivity index (χ2v) is 8.53. The standard InChI is InChI=1S/C26H28N6O2/c33-26(9-8-20-5-2-11-27-17-20)28-18-25-30-29-24-10-12-31(13-14-32(24)25)19-21-4-1-6-22(16-21)23-7-3-15-34-23/h1-7,11,15-17H,8-10,12-14,18-19H2,(H,28,33). The third-order valence-corrected chi connectivity index (χ3v) is 6.14. The van der Waals surface area contributed by atoms with Crippen molar-refractivity contribution in [3.05, 3.63) is 90.0 Å². The third kappa shape index (κ3) is 5.40. The number of amides is 1. The van der Waals surface area contributed by atoms with Gasteiger partial charge in [0, 0.05) is 57.0 Å². The SMILES string of the molecule is O=C(CCc1cccnc1)NCc1nnc2n1CCN(Cc1cccc(-c3ccco3)c1)CC2. The molecule has 1 aliphatic rings. The van der Waals surface area contributed by atoms with Crippen molar-refractivity contribution < 1.29 is 9.21 Å². The zero-order chi connectivity index (χ0) is 23.2. The Kier molecular flexibility index (Phi) is 6.76. The molecule has 4 aromatic rings. The number of hydrogen-bond donors (Lipinski definition) is 1. The number of benzene rings is 1. The van der Waals surface area contributed by atoms with Crippen LogP contribution in [0.5, 0.6) is 0 Å². The Labute approximate surface area is 198 Å². The van der Waals surface area contributed by atoms with Gasteiger partial charge in [-0.3, -0.25) is 14.7 Å². The van der Waals surface area contributed by atoms with Gasteiger partial charge in [0.05, 0.1) is 12.8 Å². The normalized spacial score (nSPS) is 13.9. The molecule has 0 saturated carbocycles. The summed E-state index contributed by atoms with van der Waals surface area (Å²) in [5.41, 5.74) is 3.41. The quantitative estimate of drug-likeness (QED) is 0.438. The van der Waals surface area contributed by atoms with Crippen molar-refractivity contribution in [3.63, 3.8) is 0 Å². The summed E-state index contributed by atoms with van der Waals surface area (Å²) in [5.74, 6) is 2.68. The molecule has 0 unspecified atom stereocenters. The highest BCUT2D eigenvalue weighted by Gasteiger charge is 2.19. The molecule has 0 bridgehead atoms. The summed E-state index contributed by atoms with van der Waals surface area (Å²) in [6.07, 6.45) is 7.17. The van der Waals surface area contributed by atoms with Crippen LogP contribution in [0.25, 0.3) is 11.3 Å². The largest absolute Gasteiger partial charge is 0.464 e. The van der Waals surface area contributed by atoms with Crippen molar-refractivity contribution in [2.24, 2.45) is 0 Å². The minimum Gasteiger partial charge on any atom is -0.464 e. The summed E-state index contributed by atoms with van der Waals surface area (Å²) in [7, 11) is 0. The molecule has 0 aliphatic carbocycles. The summed E-state index contributed by atoms with van der Waals surface area (Å²) in [4.78, 5) is 18.8. The maximum absolute atomic E-state index is 12.3. The molecular weight excluding hydrogens is 428 g/mol. The van der Waals surface area contributed by atoms with Gasteiger partial charge in [0.25, 0.3) is 0 Å². The molecule has 0 saturated heterocycles. The fourth-order valence-corrected chi connectivity index (χ4v) is 4.31. The topological polar surface area (TPSA) is 89.1 Å². The molecule has 0 atom stereocenters. The van der Waals surface area contributed by atoms with Gasteiger partial charge in [0.15, 0.2) is 5.82 Å². The Balaban J connectivity index is 1.14. The van der Waals surface area contributed by atoms with Crippen LogP contribution in [-0.4, -0.2) is 43.6 Å². The number of carbonyl (C=O) groups is 1. The second-order valence-electron chi connectivity index (χ2n) is 8.53. The third-order valence-electron chi connectivity index (χ3n) is 6.14. The van der Waals surface area contributed by atoms with Crippen LogP contribution in [0.1, 0.15) is 29.2 Å². The number of hydrogen-bond acceptors (Lipinski definition) is 6. The zero-order valence-electron chi connectivity index (χ0n) is 19.1. The van der Waals surface area contributed by atoms with Gasteiger partial charge in [0.1, 0.15) is 11.6 Å². The van der Waals surface area contributed by atoms with E-state index in [0.29, 0.717) is 19.4 Å². The van der Waals surface area contributed by atoms with Gasteiger partial charge in [-0.15, -0.1) is 10.2 Å². The first-order valence-corrected chi connectivity index (χ1v) is 11.7. The molecule has 34 heavy (non-hydrogen) atoms. The first-order valence-electron chi connectivity index (χ1n) is 11.7. The van der Waals surface area contributed by atoms with Crippen LogP contribution in [0, 0.1) is 0 Å². The van der Waals surface area contributed by atoms with E-state index in [1.54, 1.807) is 18.7 Å². The highest BCUT2D eigenvalue weighted by molar-refractivity contribution is 5.76. The molecule has 174 valence electrons. The first-order chi connectivity index (χ1) is 16.7. The number of fused-ring (bicyclic) bond motifs is 1. The molecule has 4 heterocycles. The number of rotatable bonds is 8. The van der Waals surface area contributed by atoms with E-state index in [1.165, 1.54) is 5.56 Å². The van der Waals surface area contributed by atoms with Crippen LogP contribution in [0.3, 0.4) is 0 Å². The van der Waals surface area contributed by atoms with Crippen LogP contribution in [-0.2, 0) is 37.3 Å². The molecule has 5 rings (SSSR count). The number of furan rings is 1. The number of nitrogens with zero attached hydrogens (tertiary/aromatic N) is 5. The summed E-state index contributed by atoms with van der Waals surface area (Å²) in [6, 6.07) is 16.3. The van der Waals surface area contributed by atoms with E-state index in [4.69, 9.17) is 4.42 Å². The summed E-state index contributed by atoms with van der Waals surface area (Å²) >= 11 is 0. The highest BCUT2D eigenvalue weighted by atomic mass is 16.3. The molecule has 8 nitrogen and oxygen atoms in total. The van der Waals surface area contributed by atoms with Gasteiger partial charge in [-0.2, -0.15) is 0 Å². The highest BCUT2D eigenvalue weighted by Crippen LogP contribution is 2.22. The minimum atomic E-state index is 0.00731. The van der Waals surface area contributed by atoms with Crippen molar-refractivity contribution in [3.8, 4) is 11.3 Å². The van der Waals surface area contributed by atoms with E-state index in [0.717, 1.165) is 61.1 Å². The molecule has 1 amide bonds. The van der Waals surface area contributed by atoms with Crippen LogP contribution < -0.4 is 5.32 Å². The molecular formula is C26H28N6O2. The average Bonchev–Trinajstić information content (AvgIpc) is 3.50. The lowest BCUT2D eigenvalue weighted by molar-refractivity contribution is -0.121. The van der Waals surface area contributed by atoms with E-state index < -0.39 is 0 Å². The summed E-state index contributed by atoms with van der Waals surface area (Å²) < 4.78 is 7.70. The van der Waals surface area contributed by atoms with E-state index in [9.17, 15) is 4.79 Å². The zero-order valence-corrected chi connectivity index (χ0v) is 19.1. The van der Waals surface area contributed by atoms with Gasteiger partial charge >= 0.3 is 0 Å². The average molecular weight is 457 g/mol.